The second-order valence-corrected chi connectivity index (χ2v) is 6.19. The van der Waals surface area contributed by atoms with Gasteiger partial charge in [-0.25, -0.2) is 4.68 Å². The number of para-hydroxylation sites is 1. The molecular formula is C17H19N7O2. The molecule has 0 unspecified atom stereocenters. The third kappa shape index (κ3) is 3.28. The van der Waals surface area contributed by atoms with Crippen LogP contribution in [0.3, 0.4) is 0 Å². The molecule has 1 aromatic carbocycles. The molecular weight excluding hydrogens is 334 g/mol. The first kappa shape index (κ1) is 16.2. The number of methoxy groups -OCH3 is 1. The van der Waals surface area contributed by atoms with Crippen molar-refractivity contribution in [2.75, 3.05) is 20.2 Å². The molecule has 0 saturated carbocycles. The average Bonchev–Trinajstić information content (AvgIpc) is 3.27. The van der Waals surface area contributed by atoms with Gasteiger partial charge >= 0.3 is 0 Å². The fraction of sp³-hybridized carbons (Fsp3) is 0.353. The highest BCUT2D eigenvalue weighted by atomic mass is 16.5. The van der Waals surface area contributed by atoms with Crippen LogP contribution in [0.2, 0.25) is 0 Å². The summed E-state index contributed by atoms with van der Waals surface area (Å²) >= 11 is 0. The van der Waals surface area contributed by atoms with Crippen LogP contribution in [0.15, 0.2) is 42.9 Å². The zero-order chi connectivity index (χ0) is 17.9. The predicted molar refractivity (Wildman–Crippen MR) is 91.5 cm³/mol. The van der Waals surface area contributed by atoms with Gasteiger partial charge in [-0.15, -0.1) is 5.10 Å². The van der Waals surface area contributed by atoms with Crippen molar-refractivity contribution in [3.63, 3.8) is 0 Å². The Kier molecular flexibility index (Phi) is 4.34. The highest BCUT2D eigenvalue weighted by Crippen LogP contribution is 2.24. The van der Waals surface area contributed by atoms with E-state index in [1.165, 1.54) is 0 Å². The second-order valence-electron chi connectivity index (χ2n) is 6.19. The maximum Gasteiger partial charge on any atom is 0.227 e. The van der Waals surface area contributed by atoms with Crippen molar-refractivity contribution >= 4 is 5.91 Å². The Hall–Kier alpha value is -3.23. The van der Waals surface area contributed by atoms with Crippen molar-refractivity contribution in [3.8, 4) is 5.75 Å². The molecule has 2 aromatic heterocycles. The normalized spacial score (nSPS) is 14.3. The fourth-order valence-corrected chi connectivity index (χ4v) is 2.98. The molecule has 1 fully saturated rings. The van der Waals surface area contributed by atoms with Crippen molar-refractivity contribution < 1.29 is 9.53 Å². The van der Waals surface area contributed by atoms with Gasteiger partial charge < -0.3 is 9.64 Å². The lowest BCUT2D eigenvalue weighted by Crippen LogP contribution is -2.51. The summed E-state index contributed by atoms with van der Waals surface area (Å²) in [6.07, 6.45) is 5.48. The largest absolute Gasteiger partial charge is 0.496 e. The monoisotopic (exact) mass is 353 g/mol. The number of amides is 1. The van der Waals surface area contributed by atoms with E-state index < -0.39 is 0 Å². The van der Waals surface area contributed by atoms with E-state index in [0.29, 0.717) is 26.1 Å². The number of ether oxygens (including phenoxy) is 1. The molecule has 1 amide bonds. The van der Waals surface area contributed by atoms with Crippen molar-refractivity contribution in [2.45, 2.75) is 19.0 Å². The van der Waals surface area contributed by atoms with Gasteiger partial charge in [-0.3, -0.25) is 4.79 Å². The molecule has 3 aromatic rings. The van der Waals surface area contributed by atoms with Gasteiger partial charge in [-0.05, 0) is 6.07 Å². The van der Waals surface area contributed by atoms with Crippen LogP contribution >= 0.6 is 0 Å². The van der Waals surface area contributed by atoms with E-state index in [1.54, 1.807) is 24.3 Å². The van der Waals surface area contributed by atoms with E-state index in [0.717, 1.165) is 17.0 Å². The number of likely N-dealkylation sites (tertiary alicyclic amines) is 1. The van der Waals surface area contributed by atoms with E-state index in [-0.39, 0.29) is 11.9 Å². The Bertz CT molecular complexity index is 884. The first-order valence-corrected chi connectivity index (χ1v) is 8.37. The summed E-state index contributed by atoms with van der Waals surface area (Å²) in [4.78, 5) is 15.8. The second kappa shape index (κ2) is 6.95. The third-order valence-corrected chi connectivity index (χ3v) is 4.45. The Morgan fingerprint density at radius 3 is 2.77 bits per heavy atom. The molecule has 0 bridgehead atoms. The Morgan fingerprint density at radius 2 is 2.00 bits per heavy atom. The molecule has 1 saturated heterocycles. The Balaban J connectivity index is 1.32. The van der Waals surface area contributed by atoms with Gasteiger partial charge in [-0.2, -0.15) is 15.0 Å². The standard InChI is InChI=1S/C17H19N7O2/c1-26-16-5-3-2-4-13(16)8-17(25)22-11-15(12-22)23-9-14(20-21-23)10-24-18-6-7-19-24/h2-7,9,15H,8,10-12H2,1H3. The summed E-state index contributed by atoms with van der Waals surface area (Å²) in [6, 6.07) is 7.75. The number of nitrogens with zero attached hydrogens (tertiary/aromatic N) is 7. The number of carbonyl (C=O) groups is 1. The number of rotatable bonds is 6. The van der Waals surface area contributed by atoms with Crippen molar-refractivity contribution in [1.29, 1.82) is 0 Å². The van der Waals surface area contributed by atoms with Gasteiger partial charge in [0.25, 0.3) is 0 Å². The smallest absolute Gasteiger partial charge is 0.227 e. The quantitative estimate of drug-likeness (QED) is 0.643. The van der Waals surface area contributed by atoms with Gasteiger partial charge in [0.2, 0.25) is 5.91 Å². The van der Waals surface area contributed by atoms with Gasteiger partial charge in [0.05, 0.1) is 38.2 Å². The van der Waals surface area contributed by atoms with Gasteiger partial charge in [0, 0.05) is 18.7 Å². The first-order valence-electron chi connectivity index (χ1n) is 8.37. The molecule has 1 aliphatic rings. The van der Waals surface area contributed by atoms with Crippen LogP contribution in [0.25, 0.3) is 0 Å². The lowest BCUT2D eigenvalue weighted by molar-refractivity contribution is -0.136. The molecule has 26 heavy (non-hydrogen) atoms. The maximum atomic E-state index is 12.5. The van der Waals surface area contributed by atoms with E-state index in [9.17, 15) is 4.79 Å². The SMILES string of the molecule is COc1ccccc1CC(=O)N1CC(n2cc(Cn3nccn3)nn2)C1. The number of hydrogen-bond donors (Lipinski definition) is 0. The summed E-state index contributed by atoms with van der Waals surface area (Å²) in [5.41, 5.74) is 1.69. The van der Waals surface area contributed by atoms with E-state index in [4.69, 9.17) is 4.74 Å². The maximum absolute atomic E-state index is 12.5. The molecule has 0 spiro atoms. The average molecular weight is 353 g/mol. The minimum atomic E-state index is 0.0897. The fourth-order valence-electron chi connectivity index (χ4n) is 2.98. The summed E-state index contributed by atoms with van der Waals surface area (Å²) in [6.45, 7) is 1.75. The zero-order valence-corrected chi connectivity index (χ0v) is 14.4. The van der Waals surface area contributed by atoms with Crippen molar-refractivity contribution in [3.05, 3.63) is 54.1 Å². The van der Waals surface area contributed by atoms with Gasteiger partial charge in [0.1, 0.15) is 18.0 Å². The number of benzene rings is 1. The minimum Gasteiger partial charge on any atom is -0.496 e. The summed E-state index contributed by atoms with van der Waals surface area (Å²) in [5, 5.41) is 16.4. The number of carbonyl (C=O) groups excluding carboxylic acids is 1. The van der Waals surface area contributed by atoms with Crippen LogP contribution in [0, 0.1) is 0 Å². The molecule has 0 radical (unpaired) electrons. The molecule has 9 heteroatoms. The molecule has 0 atom stereocenters. The van der Waals surface area contributed by atoms with E-state index in [2.05, 4.69) is 20.5 Å². The van der Waals surface area contributed by atoms with Crippen molar-refractivity contribution in [2.24, 2.45) is 0 Å². The molecule has 4 rings (SSSR count). The molecule has 9 nitrogen and oxygen atoms in total. The topological polar surface area (TPSA) is 91.0 Å². The van der Waals surface area contributed by atoms with Crippen molar-refractivity contribution in [1.82, 2.24) is 34.9 Å². The Labute approximate surface area is 150 Å². The lowest BCUT2D eigenvalue weighted by atomic mass is 10.1. The van der Waals surface area contributed by atoms with Gasteiger partial charge in [-0.1, -0.05) is 23.4 Å². The molecule has 3 heterocycles. The Morgan fingerprint density at radius 1 is 1.23 bits per heavy atom. The zero-order valence-electron chi connectivity index (χ0n) is 14.4. The van der Waals surface area contributed by atoms with E-state index in [1.807, 2.05) is 40.0 Å². The highest BCUT2D eigenvalue weighted by molar-refractivity contribution is 5.80. The summed E-state index contributed by atoms with van der Waals surface area (Å²) in [5.74, 6) is 0.831. The molecule has 0 aliphatic carbocycles. The lowest BCUT2D eigenvalue weighted by Gasteiger charge is -2.39. The number of aromatic nitrogens is 6. The van der Waals surface area contributed by atoms with Crippen LogP contribution in [-0.4, -0.2) is 61.0 Å². The third-order valence-electron chi connectivity index (χ3n) is 4.45. The molecule has 134 valence electrons. The van der Waals surface area contributed by atoms with Crippen LogP contribution in [0.4, 0.5) is 0 Å². The van der Waals surface area contributed by atoms with Crippen LogP contribution < -0.4 is 4.74 Å². The minimum absolute atomic E-state index is 0.0897. The van der Waals surface area contributed by atoms with Crippen LogP contribution in [-0.2, 0) is 17.8 Å². The number of hydrogen-bond acceptors (Lipinski definition) is 6. The molecule has 0 N–H and O–H groups in total. The first-order chi connectivity index (χ1) is 12.7. The summed E-state index contributed by atoms with van der Waals surface area (Å²) < 4.78 is 7.12. The van der Waals surface area contributed by atoms with Crippen LogP contribution in [0.1, 0.15) is 17.3 Å². The highest BCUT2D eigenvalue weighted by Gasteiger charge is 2.32. The van der Waals surface area contributed by atoms with Crippen LogP contribution in [0.5, 0.6) is 5.75 Å². The molecule has 1 aliphatic heterocycles. The predicted octanol–water partition coefficient (Wildman–Crippen LogP) is 0.552. The van der Waals surface area contributed by atoms with Gasteiger partial charge in [0.15, 0.2) is 0 Å². The summed E-state index contributed by atoms with van der Waals surface area (Å²) in [7, 11) is 1.62. The van der Waals surface area contributed by atoms with E-state index >= 15 is 0 Å².